The van der Waals surface area contributed by atoms with Gasteiger partial charge in [0.15, 0.2) is 0 Å². The van der Waals surface area contributed by atoms with Crippen LogP contribution in [0.15, 0.2) is 6.07 Å². The number of carbonyl (C=O) groups is 1. The Labute approximate surface area is 119 Å². The third-order valence-electron chi connectivity index (χ3n) is 3.81. The van der Waals surface area contributed by atoms with Crippen LogP contribution in [0.25, 0.3) is 0 Å². The summed E-state index contributed by atoms with van der Waals surface area (Å²) in [6.07, 6.45) is 5.59. The molecule has 1 heterocycles. The summed E-state index contributed by atoms with van der Waals surface area (Å²) in [5.41, 5.74) is 1.28. The molecular weight excluding hydrogens is 258 g/mol. The predicted octanol–water partition coefficient (Wildman–Crippen LogP) is 3.04. The molecule has 1 amide bonds. The van der Waals surface area contributed by atoms with Crippen molar-refractivity contribution >= 4 is 17.2 Å². The Hall–Kier alpha value is -0.870. The highest BCUT2D eigenvalue weighted by Crippen LogP contribution is 2.24. The van der Waals surface area contributed by atoms with Crippen molar-refractivity contribution < 1.29 is 9.90 Å². The van der Waals surface area contributed by atoms with Gasteiger partial charge in [0, 0.05) is 4.88 Å². The summed E-state index contributed by atoms with van der Waals surface area (Å²) < 4.78 is 0. The molecule has 2 atom stereocenters. The second kappa shape index (κ2) is 6.53. The first kappa shape index (κ1) is 14.5. The Bertz CT molecular complexity index is 441. The van der Waals surface area contributed by atoms with Crippen LogP contribution in [-0.2, 0) is 6.42 Å². The molecule has 19 heavy (non-hydrogen) atoms. The lowest BCUT2D eigenvalue weighted by Gasteiger charge is -2.28. The maximum atomic E-state index is 12.2. The fourth-order valence-corrected chi connectivity index (χ4v) is 3.64. The Kier molecular flexibility index (Phi) is 4.99. The van der Waals surface area contributed by atoms with Gasteiger partial charge in [-0.3, -0.25) is 4.79 Å². The van der Waals surface area contributed by atoms with Crippen molar-refractivity contribution in [2.75, 3.05) is 0 Å². The van der Waals surface area contributed by atoms with Gasteiger partial charge >= 0.3 is 0 Å². The standard InChI is InChI=1S/C15H23NO2S/c1-3-6-11-9-14(19-10(11)2)15(18)16-12-7-4-5-8-13(12)17/h9,12-13,17H,3-8H2,1-2H3,(H,16,18). The molecule has 1 aromatic heterocycles. The van der Waals surface area contributed by atoms with E-state index in [1.165, 1.54) is 10.4 Å². The zero-order valence-corrected chi connectivity index (χ0v) is 12.6. The minimum Gasteiger partial charge on any atom is -0.391 e. The summed E-state index contributed by atoms with van der Waals surface area (Å²) in [6.45, 7) is 4.22. The van der Waals surface area contributed by atoms with Gasteiger partial charge in [-0.2, -0.15) is 0 Å². The SMILES string of the molecule is CCCc1cc(C(=O)NC2CCCCC2O)sc1C. The van der Waals surface area contributed by atoms with Crippen molar-refractivity contribution in [3.05, 3.63) is 21.4 Å². The maximum absolute atomic E-state index is 12.2. The first-order chi connectivity index (χ1) is 9.11. The van der Waals surface area contributed by atoms with Gasteiger partial charge in [0.2, 0.25) is 0 Å². The first-order valence-electron chi connectivity index (χ1n) is 7.20. The van der Waals surface area contributed by atoms with Crippen LogP contribution in [0.4, 0.5) is 0 Å². The number of nitrogens with one attached hydrogen (secondary N) is 1. The van der Waals surface area contributed by atoms with Crippen LogP contribution in [0.2, 0.25) is 0 Å². The molecule has 0 saturated heterocycles. The van der Waals surface area contributed by atoms with Gasteiger partial charge in [0.25, 0.3) is 5.91 Å². The van der Waals surface area contributed by atoms with Crippen molar-refractivity contribution in [3.63, 3.8) is 0 Å². The van der Waals surface area contributed by atoms with Crippen LogP contribution in [0, 0.1) is 6.92 Å². The third-order valence-corrected chi connectivity index (χ3v) is 4.90. The lowest BCUT2D eigenvalue weighted by atomic mass is 9.92. The van der Waals surface area contributed by atoms with Crippen LogP contribution in [-0.4, -0.2) is 23.2 Å². The van der Waals surface area contributed by atoms with E-state index in [0.29, 0.717) is 0 Å². The molecule has 0 radical (unpaired) electrons. The molecule has 3 nitrogen and oxygen atoms in total. The van der Waals surface area contributed by atoms with Crippen molar-refractivity contribution in [2.45, 2.75) is 64.5 Å². The van der Waals surface area contributed by atoms with Gasteiger partial charge in [0.05, 0.1) is 17.0 Å². The van der Waals surface area contributed by atoms with Crippen LogP contribution in [0.3, 0.4) is 0 Å². The predicted molar refractivity (Wildman–Crippen MR) is 78.8 cm³/mol. The maximum Gasteiger partial charge on any atom is 0.261 e. The molecule has 0 bridgehead atoms. The first-order valence-corrected chi connectivity index (χ1v) is 8.01. The summed E-state index contributed by atoms with van der Waals surface area (Å²) in [5, 5.41) is 12.9. The average Bonchev–Trinajstić information content (AvgIpc) is 2.75. The summed E-state index contributed by atoms with van der Waals surface area (Å²) in [5.74, 6) is -0.0265. The van der Waals surface area contributed by atoms with Crippen molar-refractivity contribution in [1.29, 1.82) is 0 Å². The molecular formula is C15H23NO2S. The number of hydrogen-bond acceptors (Lipinski definition) is 3. The largest absolute Gasteiger partial charge is 0.391 e. The second-order valence-electron chi connectivity index (χ2n) is 5.37. The summed E-state index contributed by atoms with van der Waals surface area (Å²) in [6, 6.07) is 1.94. The Balaban J connectivity index is 2.01. The van der Waals surface area contributed by atoms with Gasteiger partial charge in [-0.05, 0) is 37.8 Å². The number of thiophene rings is 1. The van der Waals surface area contributed by atoms with Crippen molar-refractivity contribution in [3.8, 4) is 0 Å². The minimum absolute atomic E-state index is 0.0265. The van der Waals surface area contributed by atoms with E-state index in [2.05, 4.69) is 19.2 Å². The minimum atomic E-state index is -0.381. The molecule has 1 aromatic rings. The fraction of sp³-hybridized carbons (Fsp3) is 0.667. The number of hydrogen-bond donors (Lipinski definition) is 2. The highest BCUT2D eigenvalue weighted by molar-refractivity contribution is 7.14. The number of aliphatic hydroxyl groups is 1. The van der Waals surface area contributed by atoms with E-state index in [1.807, 2.05) is 6.07 Å². The van der Waals surface area contributed by atoms with Gasteiger partial charge in [-0.15, -0.1) is 11.3 Å². The Morgan fingerprint density at radius 1 is 1.47 bits per heavy atom. The smallest absolute Gasteiger partial charge is 0.261 e. The van der Waals surface area contributed by atoms with E-state index in [1.54, 1.807) is 11.3 Å². The molecule has 4 heteroatoms. The molecule has 2 N–H and O–H groups in total. The zero-order chi connectivity index (χ0) is 13.8. The van der Waals surface area contributed by atoms with Gasteiger partial charge in [-0.25, -0.2) is 0 Å². The Morgan fingerprint density at radius 3 is 2.89 bits per heavy atom. The number of amides is 1. The van der Waals surface area contributed by atoms with E-state index in [0.717, 1.165) is 43.4 Å². The summed E-state index contributed by atoms with van der Waals surface area (Å²) in [7, 11) is 0. The molecule has 1 saturated carbocycles. The highest BCUT2D eigenvalue weighted by Gasteiger charge is 2.25. The normalized spacial score (nSPS) is 23.3. The number of aliphatic hydroxyl groups excluding tert-OH is 1. The molecule has 1 aliphatic rings. The monoisotopic (exact) mass is 281 g/mol. The summed E-state index contributed by atoms with van der Waals surface area (Å²) >= 11 is 1.56. The average molecular weight is 281 g/mol. The van der Waals surface area contributed by atoms with Gasteiger partial charge in [0.1, 0.15) is 0 Å². The molecule has 2 unspecified atom stereocenters. The lowest BCUT2D eigenvalue weighted by Crippen LogP contribution is -2.44. The van der Waals surface area contributed by atoms with Crippen LogP contribution < -0.4 is 5.32 Å². The van der Waals surface area contributed by atoms with E-state index >= 15 is 0 Å². The lowest BCUT2D eigenvalue weighted by molar-refractivity contribution is 0.0720. The quantitative estimate of drug-likeness (QED) is 0.891. The number of rotatable bonds is 4. The third kappa shape index (κ3) is 3.57. The van der Waals surface area contributed by atoms with E-state index in [4.69, 9.17) is 0 Å². The second-order valence-corrected chi connectivity index (χ2v) is 6.63. The van der Waals surface area contributed by atoms with Gasteiger partial charge in [-0.1, -0.05) is 26.2 Å². The van der Waals surface area contributed by atoms with Crippen LogP contribution >= 0.6 is 11.3 Å². The van der Waals surface area contributed by atoms with Crippen LogP contribution in [0.1, 0.15) is 59.1 Å². The number of aryl methyl sites for hydroxylation is 2. The van der Waals surface area contributed by atoms with Crippen molar-refractivity contribution in [2.24, 2.45) is 0 Å². The molecule has 0 spiro atoms. The van der Waals surface area contributed by atoms with E-state index < -0.39 is 0 Å². The van der Waals surface area contributed by atoms with E-state index in [-0.39, 0.29) is 18.1 Å². The van der Waals surface area contributed by atoms with E-state index in [9.17, 15) is 9.90 Å². The molecule has 1 fully saturated rings. The molecule has 2 rings (SSSR count). The molecule has 0 aromatic carbocycles. The number of carbonyl (C=O) groups excluding carboxylic acids is 1. The zero-order valence-electron chi connectivity index (χ0n) is 11.7. The Morgan fingerprint density at radius 2 is 2.21 bits per heavy atom. The fourth-order valence-electron chi connectivity index (χ4n) is 2.67. The highest BCUT2D eigenvalue weighted by atomic mass is 32.1. The van der Waals surface area contributed by atoms with Gasteiger partial charge < -0.3 is 10.4 Å². The topological polar surface area (TPSA) is 49.3 Å². The molecule has 1 aliphatic carbocycles. The summed E-state index contributed by atoms with van der Waals surface area (Å²) in [4.78, 5) is 14.2. The van der Waals surface area contributed by atoms with Crippen LogP contribution in [0.5, 0.6) is 0 Å². The molecule has 106 valence electrons. The van der Waals surface area contributed by atoms with Crippen molar-refractivity contribution in [1.82, 2.24) is 5.32 Å². The molecule has 0 aliphatic heterocycles.